The van der Waals surface area contributed by atoms with Crippen LogP contribution in [-0.4, -0.2) is 44.9 Å². The number of hydrogen-bond donors (Lipinski definition) is 2. The predicted octanol–water partition coefficient (Wildman–Crippen LogP) is 3.91. The molecule has 6 nitrogen and oxygen atoms in total. The van der Waals surface area contributed by atoms with Gasteiger partial charge in [-0.15, -0.1) is 0 Å². The largest absolute Gasteiger partial charge is 0.444 e. The van der Waals surface area contributed by atoms with Crippen molar-refractivity contribution in [2.24, 2.45) is 0 Å². The van der Waals surface area contributed by atoms with E-state index in [4.69, 9.17) is 4.74 Å². The molecule has 25 heavy (non-hydrogen) atoms. The van der Waals surface area contributed by atoms with Crippen LogP contribution in [0.4, 0.5) is 10.5 Å². The van der Waals surface area contributed by atoms with E-state index in [1.807, 2.05) is 31.9 Å². The van der Waals surface area contributed by atoms with Crippen LogP contribution in [0, 0.1) is 0 Å². The van der Waals surface area contributed by atoms with Crippen LogP contribution in [0.1, 0.15) is 46.5 Å². The van der Waals surface area contributed by atoms with Crippen LogP contribution in [0.25, 0.3) is 10.9 Å². The summed E-state index contributed by atoms with van der Waals surface area (Å²) in [5.74, 6) is 0. The van der Waals surface area contributed by atoms with Crippen molar-refractivity contribution >= 4 is 22.7 Å². The number of benzene rings is 1. The highest BCUT2D eigenvalue weighted by atomic mass is 16.6. The Kier molecular flexibility index (Phi) is 3.85. The zero-order valence-corrected chi connectivity index (χ0v) is 15.1. The van der Waals surface area contributed by atoms with E-state index in [0.29, 0.717) is 6.04 Å². The highest BCUT2D eigenvalue weighted by molar-refractivity contribution is 5.81. The summed E-state index contributed by atoms with van der Waals surface area (Å²) in [4.78, 5) is 14.5. The first-order valence-corrected chi connectivity index (χ1v) is 9.10. The lowest BCUT2D eigenvalue weighted by atomic mass is 9.97. The predicted molar refractivity (Wildman–Crippen MR) is 97.6 cm³/mol. The highest BCUT2D eigenvalue weighted by Crippen LogP contribution is 2.38. The molecule has 2 bridgehead atoms. The second-order valence-electron chi connectivity index (χ2n) is 8.26. The van der Waals surface area contributed by atoms with Crippen molar-refractivity contribution in [2.45, 2.75) is 70.2 Å². The Hall–Kier alpha value is -2.24. The third-order valence-corrected chi connectivity index (χ3v) is 5.15. The average Bonchev–Trinajstić information content (AvgIpc) is 3.08. The molecule has 2 aliphatic rings. The number of aromatic amines is 1. The van der Waals surface area contributed by atoms with Crippen LogP contribution in [0.5, 0.6) is 0 Å². The quantitative estimate of drug-likeness (QED) is 0.868. The highest BCUT2D eigenvalue weighted by Gasteiger charge is 2.44. The molecule has 0 aliphatic carbocycles. The molecule has 1 aromatic heterocycles. The molecule has 2 N–H and O–H groups in total. The molecule has 4 rings (SSSR count). The van der Waals surface area contributed by atoms with Crippen molar-refractivity contribution in [1.29, 1.82) is 0 Å². The van der Waals surface area contributed by atoms with Gasteiger partial charge in [0.15, 0.2) is 0 Å². The monoisotopic (exact) mass is 342 g/mol. The van der Waals surface area contributed by atoms with Crippen LogP contribution in [0.2, 0.25) is 0 Å². The van der Waals surface area contributed by atoms with Gasteiger partial charge in [0.1, 0.15) is 5.60 Å². The molecule has 0 radical (unpaired) electrons. The van der Waals surface area contributed by atoms with E-state index in [2.05, 4.69) is 33.7 Å². The molecule has 6 heteroatoms. The topological polar surface area (TPSA) is 70.2 Å². The first kappa shape index (κ1) is 16.2. The summed E-state index contributed by atoms with van der Waals surface area (Å²) >= 11 is 0. The van der Waals surface area contributed by atoms with Gasteiger partial charge in [-0.25, -0.2) is 4.79 Å². The number of nitrogens with zero attached hydrogens (tertiary/aromatic N) is 2. The number of nitrogens with one attached hydrogen (secondary N) is 2. The third-order valence-electron chi connectivity index (χ3n) is 5.15. The van der Waals surface area contributed by atoms with Crippen molar-refractivity contribution in [2.75, 3.05) is 5.32 Å². The number of rotatable bonds is 2. The molecule has 0 spiro atoms. The molecule has 2 unspecified atom stereocenters. The number of hydrogen-bond acceptors (Lipinski definition) is 4. The van der Waals surface area contributed by atoms with E-state index < -0.39 is 5.60 Å². The molecule has 0 saturated carbocycles. The minimum Gasteiger partial charge on any atom is -0.444 e. The molecular formula is C19H26N4O2. The number of carbonyl (C=O) groups excluding carboxylic acids is 1. The number of fused-ring (bicyclic) bond motifs is 3. The number of ether oxygens (including phenoxy) is 1. The normalized spacial score (nSPS) is 26.0. The molecule has 1 amide bonds. The Balaban J connectivity index is 1.43. The van der Waals surface area contributed by atoms with Gasteiger partial charge in [0.05, 0.1) is 11.7 Å². The van der Waals surface area contributed by atoms with Crippen molar-refractivity contribution < 1.29 is 9.53 Å². The summed E-state index contributed by atoms with van der Waals surface area (Å²) in [6.07, 6.45) is 5.76. The van der Waals surface area contributed by atoms with Gasteiger partial charge >= 0.3 is 6.09 Å². The number of aromatic nitrogens is 2. The second kappa shape index (κ2) is 5.93. The molecule has 2 saturated heterocycles. The molecule has 134 valence electrons. The number of amides is 1. The van der Waals surface area contributed by atoms with Crippen LogP contribution < -0.4 is 5.32 Å². The molecule has 2 fully saturated rings. The van der Waals surface area contributed by atoms with Crippen LogP contribution in [0.15, 0.2) is 24.4 Å². The van der Waals surface area contributed by atoms with E-state index in [1.54, 1.807) is 0 Å². The zero-order valence-electron chi connectivity index (χ0n) is 15.1. The third kappa shape index (κ3) is 3.30. The Morgan fingerprint density at radius 3 is 2.68 bits per heavy atom. The van der Waals surface area contributed by atoms with Crippen molar-refractivity contribution in [3.8, 4) is 0 Å². The summed E-state index contributed by atoms with van der Waals surface area (Å²) in [6.45, 7) is 5.77. The van der Waals surface area contributed by atoms with E-state index in [1.165, 1.54) is 0 Å². The van der Waals surface area contributed by atoms with Gasteiger partial charge in [-0.2, -0.15) is 5.10 Å². The summed E-state index contributed by atoms with van der Waals surface area (Å²) < 4.78 is 5.61. The fourth-order valence-electron chi connectivity index (χ4n) is 4.17. The maximum absolute atomic E-state index is 12.5. The molecule has 2 aliphatic heterocycles. The van der Waals surface area contributed by atoms with Gasteiger partial charge < -0.3 is 15.0 Å². The van der Waals surface area contributed by atoms with E-state index in [9.17, 15) is 4.79 Å². The summed E-state index contributed by atoms with van der Waals surface area (Å²) in [5, 5.41) is 11.8. The van der Waals surface area contributed by atoms with Gasteiger partial charge in [-0.1, -0.05) is 0 Å². The molecule has 1 aromatic carbocycles. The maximum atomic E-state index is 12.5. The van der Waals surface area contributed by atoms with Crippen molar-refractivity contribution in [3.05, 3.63) is 24.4 Å². The molecular weight excluding hydrogens is 316 g/mol. The Bertz CT molecular complexity index is 765. The lowest BCUT2D eigenvalue weighted by Gasteiger charge is -2.40. The minimum atomic E-state index is -0.439. The minimum absolute atomic E-state index is 0.155. The van der Waals surface area contributed by atoms with Gasteiger partial charge in [0, 0.05) is 29.2 Å². The summed E-state index contributed by atoms with van der Waals surface area (Å²) in [6, 6.07) is 7.22. The van der Waals surface area contributed by atoms with Crippen molar-refractivity contribution in [3.63, 3.8) is 0 Å². The summed E-state index contributed by atoms with van der Waals surface area (Å²) in [5.41, 5.74) is 1.71. The van der Waals surface area contributed by atoms with E-state index in [-0.39, 0.29) is 18.2 Å². The van der Waals surface area contributed by atoms with Crippen LogP contribution >= 0.6 is 0 Å². The Labute approximate surface area is 147 Å². The van der Waals surface area contributed by atoms with Crippen LogP contribution in [-0.2, 0) is 4.74 Å². The lowest BCUT2D eigenvalue weighted by Crippen LogP contribution is -2.51. The van der Waals surface area contributed by atoms with Gasteiger partial charge in [0.2, 0.25) is 0 Å². The Morgan fingerprint density at radius 2 is 2.00 bits per heavy atom. The first-order valence-electron chi connectivity index (χ1n) is 9.10. The molecule has 2 aromatic rings. The van der Waals surface area contributed by atoms with Crippen LogP contribution in [0.3, 0.4) is 0 Å². The van der Waals surface area contributed by atoms with E-state index >= 15 is 0 Å². The number of H-pyrrole nitrogens is 1. The standard InChI is InChI=1S/C19H26N4O2/c1-19(2,3)25-18(24)23-15-6-7-16(23)9-14(8-15)21-13-5-4-12-11-20-22-17(12)10-13/h4-5,10-11,14-16,21H,6-9H2,1-3H3,(H,20,22). The van der Waals surface area contributed by atoms with Gasteiger partial charge in [0.25, 0.3) is 0 Å². The molecule has 2 atom stereocenters. The van der Waals surface area contributed by atoms with E-state index in [0.717, 1.165) is 42.3 Å². The molecule has 3 heterocycles. The zero-order chi connectivity index (χ0) is 17.6. The number of piperidine rings is 1. The van der Waals surface area contributed by atoms with Crippen molar-refractivity contribution in [1.82, 2.24) is 15.1 Å². The Morgan fingerprint density at radius 1 is 1.28 bits per heavy atom. The lowest BCUT2D eigenvalue weighted by molar-refractivity contribution is 0.00684. The smallest absolute Gasteiger partial charge is 0.410 e. The second-order valence-corrected chi connectivity index (χ2v) is 8.26. The van der Waals surface area contributed by atoms with Gasteiger partial charge in [-0.05, 0) is 64.7 Å². The fourth-order valence-corrected chi connectivity index (χ4v) is 4.17. The fraction of sp³-hybridized carbons (Fsp3) is 0.579. The maximum Gasteiger partial charge on any atom is 0.410 e. The number of carbonyl (C=O) groups is 1. The SMILES string of the molecule is CC(C)(C)OC(=O)N1C2CCC1CC(Nc1ccc3cn[nH]c3c1)C2. The first-order chi connectivity index (χ1) is 11.9. The number of anilines is 1. The van der Waals surface area contributed by atoms with Gasteiger partial charge in [-0.3, -0.25) is 5.10 Å². The average molecular weight is 342 g/mol. The summed E-state index contributed by atoms with van der Waals surface area (Å²) in [7, 11) is 0.